The molecule has 0 saturated carbocycles. The van der Waals surface area contributed by atoms with Crippen molar-refractivity contribution in [3.63, 3.8) is 0 Å². The van der Waals surface area contributed by atoms with Crippen LogP contribution in [0.3, 0.4) is 0 Å². The zero-order chi connectivity index (χ0) is 29.9. The van der Waals surface area contributed by atoms with Gasteiger partial charge < -0.3 is 14.8 Å². The lowest BCUT2D eigenvalue weighted by Crippen LogP contribution is -2.23. The van der Waals surface area contributed by atoms with Gasteiger partial charge in [-0.1, -0.05) is 11.6 Å². The Morgan fingerprint density at radius 3 is 2.49 bits per heavy atom. The average molecular weight is 619 g/mol. The lowest BCUT2D eigenvalue weighted by atomic mass is 10.1. The third kappa shape index (κ3) is 8.62. The molecule has 0 atom stereocenters. The lowest BCUT2D eigenvalue weighted by Gasteiger charge is -2.22. The van der Waals surface area contributed by atoms with Crippen LogP contribution in [0.1, 0.15) is 40.9 Å². The molecule has 1 amide bonds. The Bertz CT molecular complexity index is 1700. The van der Waals surface area contributed by atoms with E-state index in [0.717, 1.165) is 17.3 Å². The summed E-state index contributed by atoms with van der Waals surface area (Å²) < 4.78 is 51.3. The van der Waals surface area contributed by atoms with Crippen molar-refractivity contribution in [2.45, 2.75) is 39.9 Å². The number of aromatic nitrogens is 2. The normalized spacial score (nSPS) is 11.7. The van der Waals surface area contributed by atoms with Crippen molar-refractivity contribution in [1.29, 1.82) is 0 Å². The molecule has 216 valence electrons. The molecule has 3 aromatic heterocycles. The van der Waals surface area contributed by atoms with Crippen molar-refractivity contribution < 1.29 is 27.1 Å². The van der Waals surface area contributed by atoms with E-state index in [2.05, 4.69) is 20.0 Å². The van der Waals surface area contributed by atoms with Gasteiger partial charge in [-0.25, -0.2) is 17.8 Å². The third-order valence-corrected chi connectivity index (χ3v) is 7.14. The lowest BCUT2D eigenvalue weighted by molar-refractivity contribution is 0.103. The Balaban J connectivity index is 1.63. The molecule has 3 heterocycles. The Kier molecular flexibility index (Phi) is 8.86. The maximum absolute atomic E-state index is 13.7. The number of nitrogens with one attached hydrogen (secondary N) is 2. The SMILES string of the molecule is Cc1sc(C(=O)Nc2cc(Cl)cc(NS(C)(=O)=O)c2)cc1-c1ncc(OC(C)(C)C)cc1OCc1cncc(F)c1. The minimum absolute atomic E-state index is 0.0353. The highest BCUT2D eigenvalue weighted by molar-refractivity contribution is 7.92. The minimum Gasteiger partial charge on any atom is -0.486 e. The van der Waals surface area contributed by atoms with Crippen LogP contribution in [0.15, 0.2) is 55.0 Å². The first-order valence-corrected chi connectivity index (χ1v) is 15.4. The Hall–Kier alpha value is -3.74. The summed E-state index contributed by atoms with van der Waals surface area (Å²) in [5, 5.41) is 3.00. The zero-order valence-electron chi connectivity index (χ0n) is 22.9. The quantitative estimate of drug-likeness (QED) is 0.214. The molecule has 0 spiro atoms. The summed E-state index contributed by atoms with van der Waals surface area (Å²) >= 11 is 7.38. The van der Waals surface area contributed by atoms with E-state index >= 15 is 0 Å². The van der Waals surface area contributed by atoms with E-state index in [-0.39, 0.29) is 17.3 Å². The van der Waals surface area contributed by atoms with E-state index in [9.17, 15) is 17.6 Å². The Labute approximate surface area is 246 Å². The van der Waals surface area contributed by atoms with E-state index in [1.54, 1.807) is 18.3 Å². The van der Waals surface area contributed by atoms with Crippen LogP contribution in [0, 0.1) is 12.7 Å². The standard InChI is InChI=1S/C28H28ClFN4O5S2/c1-16-23(11-25(40-16)27(35)33-20-7-18(29)8-21(9-20)34-41(5,36)37)26-24(10-22(14-32-26)39-28(2,3)4)38-15-17-6-19(30)13-31-12-17/h6-14,34H,15H2,1-5H3,(H,33,35). The van der Waals surface area contributed by atoms with Crippen molar-refractivity contribution >= 4 is 50.2 Å². The number of carbonyl (C=O) groups excluding carboxylic acids is 1. The van der Waals surface area contributed by atoms with Gasteiger partial charge in [0.2, 0.25) is 10.0 Å². The monoisotopic (exact) mass is 618 g/mol. The van der Waals surface area contributed by atoms with E-state index in [4.69, 9.17) is 21.1 Å². The van der Waals surface area contributed by atoms with Crippen molar-refractivity contribution in [3.8, 4) is 22.8 Å². The first kappa shape index (κ1) is 30.2. The number of halogens is 2. The predicted octanol–water partition coefficient (Wildman–Crippen LogP) is 6.69. The smallest absolute Gasteiger partial charge is 0.265 e. The van der Waals surface area contributed by atoms with Crippen LogP contribution in [-0.2, 0) is 16.6 Å². The molecule has 1 aromatic carbocycles. The van der Waals surface area contributed by atoms with Crippen LogP contribution in [0.2, 0.25) is 5.02 Å². The molecular weight excluding hydrogens is 591 g/mol. The molecule has 9 nitrogen and oxygen atoms in total. The van der Waals surface area contributed by atoms with Crippen LogP contribution in [0.25, 0.3) is 11.3 Å². The number of hydrogen-bond donors (Lipinski definition) is 2. The number of aryl methyl sites for hydroxylation is 1. The van der Waals surface area contributed by atoms with Crippen LogP contribution >= 0.6 is 22.9 Å². The zero-order valence-corrected chi connectivity index (χ0v) is 25.3. The highest BCUT2D eigenvalue weighted by atomic mass is 35.5. The van der Waals surface area contributed by atoms with Crippen molar-refractivity contribution in [2.24, 2.45) is 0 Å². The van der Waals surface area contributed by atoms with Crippen LogP contribution in [-0.4, -0.2) is 36.1 Å². The number of hydrogen-bond acceptors (Lipinski definition) is 8. The molecule has 0 aliphatic carbocycles. The van der Waals surface area contributed by atoms with Gasteiger partial charge in [0.25, 0.3) is 5.91 Å². The van der Waals surface area contributed by atoms with Gasteiger partial charge in [-0.15, -0.1) is 11.3 Å². The molecule has 0 aliphatic heterocycles. The molecule has 0 radical (unpaired) electrons. The summed E-state index contributed by atoms with van der Waals surface area (Å²) in [6, 6.07) is 9.15. The van der Waals surface area contributed by atoms with E-state index < -0.39 is 27.3 Å². The number of carbonyl (C=O) groups is 1. The number of sulfonamides is 1. The predicted molar refractivity (Wildman–Crippen MR) is 159 cm³/mol. The molecule has 2 N–H and O–H groups in total. The maximum atomic E-state index is 13.7. The number of amides is 1. The molecule has 0 saturated heterocycles. The van der Waals surface area contributed by atoms with Gasteiger partial charge >= 0.3 is 0 Å². The number of thiophene rings is 1. The number of benzene rings is 1. The highest BCUT2D eigenvalue weighted by Gasteiger charge is 2.21. The van der Waals surface area contributed by atoms with Crippen LogP contribution in [0.5, 0.6) is 11.5 Å². The summed E-state index contributed by atoms with van der Waals surface area (Å²) in [5.41, 5.74) is 1.73. The maximum Gasteiger partial charge on any atom is 0.265 e. The van der Waals surface area contributed by atoms with Gasteiger partial charge in [-0.05, 0) is 58.0 Å². The number of pyridine rings is 2. The molecule has 41 heavy (non-hydrogen) atoms. The third-order valence-electron chi connectivity index (χ3n) is 5.26. The van der Waals surface area contributed by atoms with E-state index in [0.29, 0.717) is 38.9 Å². The number of anilines is 2. The van der Waals surface area contributed by atoms with E-state index in [1.165, 1.54) is 41.8 Å². The van der Waals surface area contributed by atoms with Crippen LogP contribution < -0.4 is 19.5 Å². The highest BCUT2D eigenvalue weighted by Crippen LogP contribution is 2.38. The molecular formula is C28H28ClFN4O5S2. The van der Waals surface area contributed by atoms with Gasteiger partial charge in [0.1, 0.15) is 35.2 Å². The van der Waals surface area contributed by atoms with Gasteiger partial charge in [0.15, 0.2) is 0 Å². The van der Waals surface area contributed by atoms with Gasteiger partial charge in [-0.2, -0.15) is 0 Å². The largest absolute Gasteiger partial charge is 0.486 e. The fourth-order valence-electron chi connectivity index (χ4n) is 3.80. The molecule has 0 bridgehead atoms. The van der Waals surface area contributed by atoms with Gasteiger partial charge in [-0.3, -0.25) is 14.5 Å². The van der Waals surface area contributed by atoms with Gasteiger partial charge in [0, 0.05) is 39.0 Å². The first-order chi connectivity index (χ1) is 19.1. The Morgan fingerprint density at radius 1 is 1.07 bits per heavy atom. The topological polar surface area (TPSA) is 120 Å². The summed E-state index contributed by atoms with van der Waals surface area (Å²) in [6.07, 6.45) is 5.22. The molecule has 4 aromatic rings. The summed E-state index contributed by atoms with van der Waals surface area (Å²) in [4.78, 5) is 22.8. The number of nitrogens with zero attached hydrogens (tertiary/aromatic N) is 2. The van der Waals surface area contributed by atoms with Crippen molar-refractivity contribution in [1.82, 2.24) is 9.97 Å². The number of ether oxygens (including phenoxy) is 2. The van der Waals surface area contributed by atoms with E-state index in [1.807, 2.05) is 27.7 Å². The van der Waals surface area contributed by atoms with Gasteiger partial charge in [0.05, 0.1) is 29.2 Å². The fourth-order valence-corrected chi connectivity index (χ4v) is 5.50. The van der Waals surface area contributed by atoms with Crippen molar-refractivity contribution in [3.05, 3.63) is 81.1 Å². The Morgan fingerprint density at radius 2 is 1.80 bits per heavy atom. The fraction of sp³-hybridized carbons (Fsp3) is 0.250. The second-order valence-electron chi connectivity index (χ2n) is 10.2. The second kappa shape index (κ2) is 12.0. The first-order valence-electron chi connectivity index (χ1n) is 12.3. The van der Waals surface area contributed by atoms with Crippen LogP contribution in [0.4, 0.5) is 15.8 Å². The molecule has 13 heteroatoms. The summed E-state index contributed by atoms with van der Waals surface area (Å²) in [7, 11) is -3.54. The molecule has 4 rings (SSSR count). The number of rotatable bonds is 9. The molecule has 0 unspecified atom stereocenters. The second-order valence-corrected chi connectivity index (χ2v) is 13.6. The average Bonchev–Trinajstić information content (AvgIpc) is 3.22. The molecule has 0 aliphatic rings. The molecule has 0 fully saturated rings. The summed E-state index contributed by atoms with van der Waals surface area (Å²) in [6.45, 7) is 7.62. The summed E-state index contributed by atoms with van der Waals surface area (Å²) in [5.74, 6) is -0.0236. The minimum atomic E-state index is -3.54. The van der Waals surface area contributed by atoms with Crippen molar-refractivity contribution in [2.75, 3.05) is 16.3 Å².